The number of nitrogens with zero attached hydrogens (tertiary/aromatic N) is 4. The number of thiazole rings is 1. The molecule has 7 nitrogen and oxygen atoms in total. The molecule has 27 heavy (non-hydrogen) atoms. The predicted molar refractivity (Wildman–Crippen MR) is 105 cm³/mol. The van der Waals surface area contributed by atoms with E-state index in [0.29, 0.717) is 26.1 Å². The van der Waals surface area contributed by atoms with E-state index < -0.39 is 0 Å². The number of hydrogen-bond acceptors (Lipinski definition) is 6. The van der Waals surface area contributed by atoms with Crippen LogP contribution in [-0.4, -0.2) is 65.3 Å². The third kappa shape index (κ3) is 5.33. The lowest BCUT2D eigenvalue weighted by molar-refractivity contribution is -0.129. The topological polar surface area (TPSA) is 78.4 Å². The third-order valence-electron chi connectivity index (χ3n) is 4.50. The van der Waals surface area contributed by atoms with Gasteiger partial charge in [0.1, 0.15) is 5.01 Å². The highest BCUT2D eigenvalue weighted by atomic mass is 32.1. The molecule has 1 unspecified atom stereocenters. The summed E-state index contributed by atoms with van der Waals surface area (Å²) in [6.07, 6.45) is 2.95. The molecule has 1 aliphatic heterocycles. The lowest BCUT2D eigenvalue weighted by Gasteiger charge is -2.18. The van der Waals surface area contributed by atoms with Crippen molar-refractivity contribution in [2.45, 2.75) is 19.4 Å². The molecule has 0 aliphatic carbocycles. The molecule has 1 fully saturated rings. The van der Waals surface area contributed by atoms with Crippen LogP contribution in [0.4, 0.5) is 0 Å². The fourth-order valence-electron chi connectivity index (χ4n) is 3.06. The molecule has 144 valence electrons. The van der Waals surface area contributed by atoms with Crippen molar-refractivity contribution < 1.29 is 9.59 Å². The van der Waals surface area contributed by atoms with Gasteiger partial charge in [0.25, 0.3) is 0 Å². The van der Waals surface area contributed by atoms with Crippen molar-refractivity contribution in [1.29, 1.82) is 0 Å². The largest absolute Gasteiger partial charge is 0.350 e. The van der Waals surface area contributed by atoms with E-state index in [-0.39, 0.29) is 17.7 Å². The van der Waals surface area contributed by atoms with E-state index in [1.807, 2.05) is 37.7 Å². The van der Waals surface area contributed by atoms with E-state index in [2.05, 4.69) is 20.2 Å². The van der Waals surface area contributed by atoms with E-state index in [9.17, 15) is 9.59 Å². The zero-order chi connectivity index (χ0) is 19.2. The minimum atomic E-state index is -0.272. The van der Waals surface area contributed by atoms with Crippen LogP contribution in [0.5, 0.6) is 0 Å². The Labute approximate surface area is 163 Å². The summed E-state index contributed by atoms with van der Waals surface area (Å²) in [5.74, 6) is -0.281. The van der Waals surface area contributed by atoms with Gasteiger partial charge in [0, 0.05) is 31.1 Å². The Bertz CT molecular complexity index is 777. The number of carbonyl (C=O) groups excluding carboxylic acids is 2. The van der Waals surface area contributed by atoms with Crippen LogP contribution in [0.25, 0.3) is 10.7 Å². The number of pyridine rings is 1. The van der Waals surface area contributed by atoms with Gasteiger partial charge in [-0.2, -0.15) is 0 Å². The van der Waals surface area contributed by atoms with Crippen molar-refractivity contribution in [2.75, 3.05) is 33.7 Å². The Hall–Kier alpha value is -2.32. The smallest absolute Gasteiger partial charge is 0.225 e. The number of aromatic nitrogens is 2. The summed E-state index contributed by atoms with van der Waals surface area (Å²) in [7, 11) is 4.03. The monoisotopic (exact) mass is 387 g/mol. The number of nitrogens with one attached hydrogen (secondary N) is 1. The average molecular weight is 388 g/mol. The second kappa shape index (κ2) is 9.05. The van der Waals surface area contributed by atoms with Gasteiger partial charge in [-0.05, 0) is 39.2 Å². The van der Waals surface area contributed by atoms with Crippen molar-refractivity contribution in [3.63, 3.8) is 0 Å². The fourth-order valence-corrected chi connectivity index (χ4v) is 3.85. The number of likely N-dealkylation sites (tertiary alicyclic amines) is 1. The van der Waals surface area contributed by atoms with Crippen molar-refractivity contribution in [3.05, 3.63) is 35.5 Å². The standard InChI is InChI=1S/C19H25N5O2S/c1-23(2)8-5-9-24-12-14(10-17(24)25)18(26)21-11-15-13-27-19(22-15)16-6-3-4-7-20-16/h3-4,6-7,13-14H,5,8-12H2,1-2H3,(H,21,26). The fraction of sp³-hybridized carbons (Fsp3) is 0.474. The van der Waals surface area contributed by atoms with Crippen molar-refractivity contribution >= 4 is 23.2 Å². The SMILES string of the molecule is CN(C)CCCN1CC(C(=O)NCc2csc(-c3ccccn3)n2)CC1=O. The molecule has 0 radical (unpaired) electrons. The molecule has 1 atom stereocenters. The zero-order valence-electron chi connectivity index (χ0n) is 15.7. The lowest BCUT2D eigenvalue weighted by atomic mass is 10.1. The van der Waals surface area contributed by atoms with Gasteiger partial charge < -0.3 is 15.1 Å². The summed E-state index contributed by atoms with van der Waals surface area (Å²) in [6.45, 7) is 2.52. The molecule has 2 amide bonds. The summed E-state index contributed by atoms with van der Waals surface area (Å²) in [4.78, 5) is 37.3. The van der Waals surface area contributed by atoms with Crippen LogP contribution in [-0.2, 0) is 16.1 Å². The van der Waals surface area contributed by atoms with Crippen LogP contribution >= 0.6 is 11.3 Å². The van der Waals surface area contributed by atoms with Crippen LogP contribution in [0.3, 0.4) is 0 Å². The minimum Gasteiger partial charge on any atom is -0.350 e. The molecule has 8 heteroatoms. The van der Waals surface area contributed by atoms with Gasteiger partial charge in [0.15, 0.2) is 0 Å². The summed E-state index contributed by atoms with van der Waals surface area (Å²) < 4.78 is 0. The summed E-state index contributed by atoms with van der Waals surface area (Å²) >= 11 is 1.51. The third-order valence-corrected chi connectivity index (χ3v) is 5.41. The Morgan fingerprint density at radius 3 is 3.00 bits per heavy atom. The highest BCUT2D eigenvalue weighted by Crippen LogP contribution is 2.22. The molecule has 3 heterocycles. The summed E-state index contributed by atoms with van der Waals surface area (Å²) in [5.41, 5.74) is 1.64. The first-order valence-electron chi connectivity index (χ1n) is 9.09. The molecule has 2 aromatic heterocycles. The highest BCUT2D eigenvalue weighted by Gasteiger charge is 2.33. The predicted octanol–water partition coefficient (Wildman–Crippen LogP) is 1.62. The van der Waals surface area contributed by atoms with Crippen molar-refractivity contribution in [3.8, 4) is 10.7 Å². The molecule has 1 aliphatic rings. The number of amides is 2. The molecule has 0 spiro atoms. The summed E-state index contributed by atoms with van der Waals surface area (Å²) in [5, 5.41) is 5.68. The van der Waals surface area contributed by atoms with Crippen molar-refractivity contribution in [1.82, 2.24) is 25.1 Å². The Morgan fingerprint density at radius 2 is 2.26 bits per heavy atom. The maximum absolute atomic E-state index is 12.4. The Kier molecular flexibility index (Phi) is 6.52. The van der Waals surface area contributed by atoms with Gasteiger partial charge >= 0.3 is 0 Å². The molecule has 0 saturated carbocycles. The second-order valence-electron chi connectivity index (χ2n) is 6.97. The van der Waals surface area contributed by atoms with E-state index in [0.717, 1.165) is 29.4 Å². The Balaban J connectivity index is 1.47. The molecular weight excluding hydrogens is 362 g/mol. The number of rotatable bonds is 8. The molecule has 2 aromatic rings. The van der Waals surface area contributed by atoms with Gasteiger partial charge in [-0.1, -0.05) is 6.07 Å². The number of hydrogen-bond donors (Lipinski definition) is 1. The molecule has 3 rings (SSSR count). The zero-order valence-corrected chi connectivity index (χ0v) is 16.5. The average Bonchev–Trinajstić information content (AvgIpc) is 3.27. The van der Waals surface area contributed by atoms with Crippen LogP contribution < -0.4 is 5.32 Å². The molecular formula is C19H25N5O2S. The van der Waals surface area contributed by atoms with Gasteiger partial charge in [-0.15, -0.1) is 11.3 Å². The summed E-state index contributed by atoms with van der Waals surface area (Å²) in [6, 6.07) is 5.70. The van der Waals surface area contributed by atoms with Gasteiger partial charge in [-0.3, -0.25) is 14.6 Å². The van der Waals surface area contributed by atoms with E-state index in [4.69, 9.17) is 0 Å². The van der Waals surface area contributed by atoms with E-state index >= 15 is 0 Å². The van der Waals surface area contributed by atoms with Crippen molar-refractivity contribution in [2.24, 2.45) is 5.92 Å². The molecule has 1 N–H and O–H groups in total. The van der Waals surface area contributed by atoms with Gasteiger partial charge in [0.2, 0.25) is 11.8 Å². The first-order valence-corrected chi connectivity index (χ1v) is 9.97. The van der Waals surface area contributed by atoms with Crippen LogP contribution in [0.1, 0.15) is 18.5 Å². The normalized spacial score (nSPS) is 16.9. The molecule has 0 bridgehead atoms. The molecule has 1 saturated heterocycles. The molecule has 0 aromatic carbocycles. The number of carbonyl (C=O) groups is 2. The maximum atomic E-state index is 12.4. The van der Waals surface area contributed by atoms with E-state index in [1.165, 1.54) is 11.3 Å². The van der Waals surface area contributed by atoms with Crippen LogP contribution in [0.15, 0.2) is 29.8 Å². The quantitative estimate of drug-likeness (QED) is 0.745. The van der Waals surface area contributed by atoms with E-state index in [1.54, 1.807) is 11.1 Å². The highest BCUT2D eigenvalue weighted by molar-refractivity contribution is 7.13. The lowest BCUT2D eigenvalue weighted by Crippen LogP contribution is -2.33. The van der Waals surface area contributed by atoms with Crippen LogP contribution in [0, 0.1) is 5.92 Å². The second-order valence-corrected chi connectivity index (χ2v) is 7.83. The van der Waals surface area contributed by atoms with Gasteiger partial charge in [0.05, 0.1) is 23.9 Å². The first-order chi connectivity index (χ1) is 13.0. The maximum Gasteiger partial charge on any atom is 0.225 e. The minimum absolute atomic E-state index is 0.0694. The van der Waals surface area contributed by atoms with Crippen LogP contribution in [0.2, 0.25) is 0 Å². The Morgan fingerprint density at radius 1 is 1.41 bits per heavy atom. The van der Waals surface area contributed by atoms with Gasteiger partial charge in [-0.25, -0.2) is 4.98 Å². The first kappa shape index (κ1) is 19.4.